The van der Waals surface area contributed by atoms with Crippen LogP contribution in [-0.4, -0.2) is 15.9 Å². The second kappa shape index (κ2) is 6.11. The van der Waals surface area contributed by atoms with Gasteiger partial charge in [-0.1, -0.05) is 28.1 Å². The second-order valence-corrected chi connectivity index (χ2v) is 5.55. The van der Waals surface area contributed by atoms with Gasteiger partial charge in [0.25, 0.3) is 5.91 Å². The van der Waals surface area contributed by atoms with E-state index in [0.717, 1.165) is 10.2 Å². The molecule has 0 aliphatic carbocycles. The Morgan fingerprint density at radius 1 is 1.35 bits per heavy atom. The molecule has 2 aromatic rings. The minimum atomic E-state index is -0.227. The fraction of sp³-hybridized carbons (Fsp3) is 0.0714. The van der Waals surface area contributed by atoms with Crippen LogP contribution in [0.5, 0.6) is 0 Å². The maximum atomic E-state index is 12.2. The van der Waals surface area contributed by atoms with Gasteiger partial charge in [-0.15, -0.1) is 0 Å². The van der Waals surface area contributed by atoms with Crippen molar-refractivity contribution in [2.45, 2.75) is 6.92 Å². The van der Waals surface area contributed by atoms with Crippen molar-refractivity contribution >= 4 is 44.7 Å². The number of benzene rings is 1. The normalized spacial score (nSPS) is 10.1. The summed E-state index contributed by atoms with van der Waals surface area (Å²) < 4.78 is 0.845. The molecule has 0 spiro atoms. The number of carbonyl (C=O) groups excluding carboxylic acids is 1. The van der Waals surface area contributed by atoms with Gasteiger partial charge >= 0.3 is 0 Å². The van der Waals surface area contributed by atoms with E-state index >= 15 is 0 Å². The maximum absolute atomic E-state index is 12.2. The molecule has 0 aliphatic rings. The minimum absolute atomic E-state index is 0.227. The summed E-state index contributed by atoms with van der Waals surface area (Å²) in [4.78, 5) is 16.5. The molecule has 6 heteroatoms. The molecule has 0 aliphatic heterocycles. The van der Waals surface area contributed by atoms with Crippen molar-refractivity contribution in [2.24, 2.45) is 5.73 Å². The van der Waals surface area contributed by atoms with E-state index in [2.05, 4.69) is 26.2 Å². The van der Waals surface area contributed by atoms with E-state index in [9.17, 15) is 4.79 Å². The third kappa shape index (κ3) is 3.40. The Morgan fingerprint density at radius 2 is 2.10 bits per heavy atom. The molecule has 1 heterocycles. The van der Waals surface area contributed by atoms with Gasteiger partial charge in [0.15, 0.2) is 0 Å². The van der Waals surface area contributed by atoms with E-state index in [1.165, 1.54) is 0 Å². The highest BCUT2D eigenvalue weighted by atomic mass is 79.9. The van der Waals surface area contributed by atoms with Gasteiger partial charge in [-0.25, -0.2) is 0 Å². The lowest BCUT2D eigenvalue weighted by Crippen LogP contribution is -2.17. The van der Waals surface area contributed by atoms with E-state index in [4.69, 9.17) is 18.0 Å². The zero-order valence-electron chi connectivity index (χ0n) is 10.7. The summed E-state index contributed by atoms with van der Waals surface area (Å²) in [5.41, 5.74) is 8.19. The van der Waals surface area contributed by atoms with Crippen molar-refractivity contribution in [3.8, 4) is 0 Å². The van der Waals surface area contributed by atoms with Crippen molar-refractivity contribution in [1.82, 2.24) is 4.98 Å². The number of hydrogen-bond acceptors (Lipinski definition) is 3. The van der Waals surface area contributed by atoms with Gasteiger partial charge in [-0.05, 0) is 37.3 Å². The molecular formula is C14H12BrN3OS. The summed E-state index contributed by atoms with van der Waals surface area (Å²) >= 11 is 8.34. The number of carbonyl (C=O) groups is 1. The fourth-order valence-electron chi connectivity index (χ4n) is 1.71. The molecule has 0 radical (unpaired) electrons. The van der Waals surface area contributed by atoms with Crippen LogP contribution in [0.2, 0.25) is 0 Å². The number of amides is 1. The molecule has 2 rings (SSSR count). The van der Waals surface area contributed by atoms with Crippen LogP contribution in [0.1, 0.15) is 21.6 Å². The monoisotopic (exact) mass is 349 g/mol. The maximum Gasteiger partial charge on any atom is 0.255 e. The molecule has 0 fully saturated rings. The summed E-state index contributed by atoms with van der Waals surface area (Å²) in [6, 6.07) is 8.71. The predicted molar refractivity (Wildman–Crippen MR) is 87.0 cm³/mol. The zero-order chi connectivity index (χ0) is 14.7. The zero-order valence-corrected chi connectivity index (χ0v) is 13.1. The molecule has 102 valence electrons. The van der Waals surface area contributed by atoms with Crippen LogP contribution in [0.3, 0.4) is 0 Å². The van der Waals surface area contributed by atoms with Gasteiger partial charge in [0.05, 0.1) is 5.69 Å². The Labute approximate surface area is 130 Å². The van der Waals surface area contributed by atoms with Crippen LogP contribution in [-0.2, 0) is 0 Å². The highest BCUT2D eigenvalue weighted by molar-refractivity contribution is 9.10. The SMILES string of the molecule is Cc1cc(C(=O)Nc2ccc(Br)cc2C(N)=S)ccn1. The lowest BCUT2D eigenvalue weighted by Gasteiger charge is -2.11. The van der Waals surface area contributed by atoms with Crippen molar-refractivity contribution in [2.75, 3.05) is 5.32 Å². The van der Waals surface area contributed by atoms with E-state index in [1.54, 1.807) is 30.5 Å². The average Bonchev–Trinajstić information content (AvgIpc) is 2.40. The number of pyridine rings is 1. The first-order valence-electron chi connectivity index (χ1n) is 5.81. The highest BCUT2D eigenvalue weighted by Gasteiger charge is 2.11. The van der Waals surface area contributed by atoms with Crippen LogP contribution in [0.4, 0.5) is 5.69 Å². The molecule has 0 atom stereocenters. The predicted octanol–water partition coefficient (Wildman–Crippen LogP) is 3.04. The second-order valence-electron chi connectivity index (χ2n) is 4.19. The Morgan fingerprint density at radius 3 is 2.75 bits per heavy atom. The van der Waals surface area contributed by atoms with E-state index in [0.29, 0.717) is 16.8 Å². The fourth-order valence-corrected chi connectivity index (χ4v) is 2.24. The highest BCUT2D eigenvalue weighted by Crippen LogP contribution is 2.21. The average molecular weight is 350 g/mol. The molecule has 0 saturated heterocycles. The van der Waals surface area contributed by atoms with E-state index in [-0.39, 0.29) is 10.9 Å². The first-order valence-corrected chi connectivity index (χ1v) is 7.01. The number of aromatic nitrogens is 1. The van der Waals surface area contributed by atoms with Gasteiger partial charge in [-0.3, -0.25) is 9.78 Å². The number of hydrogen-bond donors (Lipinski definition) is 2. The molecular weight excluding hydrogens is 338 g/mol. The van der Waals surface area contributed by atoms with Gasteiger partial charge in [-0.2, -0.15) is 0 Å². The molecule has 1 aromatic heterocycles. The number of nitrogens with zero attached hydrogens (tertiary/aromatic N) is 1. The van der Waals surface area contributed by atoms with E-state index < -0.39 is 0 Å². The molecule has 20 heavy (non-hydrogen) atoms. The number of anilines is 1. The summed E-state index contributed by atoms with van der Waals surface area (Å²) in [5, 5.41) is 2.81. The number of thiocarbonyl (C=S) groups is 1. The minimum Gasteiger partial charge on any atom is -0.389 e. The Balaban J connectivity index is 2.30. The first kappa shape index (κ1) is 14.6. The lowest BCUT2D eigenvalue weighted by atomic mass is 10.1. The standard InChI is InChI=1S/C14H12BrN3OS/c1-8-6-9(4-5-17-8)14(19)18-12-3-2-10(15)7-11(12)13(16)20/h2-7H,1H3,(H2,16,20)(H,18,19). The smallest absolute Gasteiger partial charge is 0.255 e. The first-order chi connectivity index (χ1) is 9.47. The van der Waals surface area contributed by atoms with Crippen molar-refractivity contribution in [1.29, 1.82) is 0 Å². The van der Waals surface area contributed by atoms with Crippen LogP contribution in [0.15, 0.2) is 41.0 Å². The molecule has 1 aromatic carbocycles. The van der Waals surface area contributed by atoms with Crippen LogP contribution in [0.25, 0.3) is 0 Å². The van der Waals surface area contributed by atoms with Crippen LogP contribution >= 0.6 is 28.1 Å². The Hall–Kier alpha value is -1.79. The Bertz CT molecular complexity index is 688. The molecule has 4 nitrogen and oxygen atoms in total. The molecule has 1 amide bonds. The number of aryl methyl sites for hydroxylation is 1. The summed E-state index contributed by atoms with van der Waals surface area (Å²) in [6.45, 7) is 1.83. The quantitative estimate of drug-likeness (QED) is 0.835. The summed E-state index contributed by atoms with van der Waals surface area (Å²) in [5.74, 6) is -0.227. The summed E-state index contributed by atoms with van der Waals surface area (Å²) in [6.07, 6.45) is 1.60. The Kier molecular flexibility index (Phi) is 4.46. The third-order valence-corrected chi connectivity index (χ3v) is 3.37. The lowest BCUT2D eigenvalue weighted by molar-refractivity contribution is 0.102. The molecule has 0 unspecified atom stereocenters. The van der Waals surface area contributed by atoms with Crippen LogP contribution < -0.4 is 11.1 Å². The number of rotatable bonds is 3. The third-order valence-electron chi connectivity index (χ3n) is 2.65. The van der Waals surface area contributed by atoms with Gasteiger partial charge in [0.1, 0.15) is 4.99 Å². The van der Waals surface area contributed by atoms with Gasteiger partial charge in [0.2, 0.25) is 0 Å². The number of nitrogens with two attached hydrogens (primary N) is 1. The molecule has 0 bridgehead atoms. The largest absolute Gasteiger partial charge is 0.389 e. The number of halogens is 1. The van der Waals surface area contributed by atoms with Crippen LogP contribution in [0, 0.1) is 6.92 Å². The van der Waals surface area contributed by atoms with Crippen molar-refractivity contribution in [3.05, 3.63) is 57.8 Å². The van der Waals surface area contributed by atoms with Crippen molar-refractivity contribution in [3.63, 3.8) is 0 Å². The van der Waals surface area contributed by atoms with Gasteiger partial charge in [0, 0.05) is 27.5 Å². The van der Waals surface area contributed by atoms with Crippen molar-refractivity contribution < 1.29 is 4.79 Å². The summed E-state index contributed by atoms with van der Waals surface area (Å²) in [7, 11) is 0. The topological polar surface area (TPSA) is 68.0 Å². The van der Waals surface area contributed by atoms with E-state index in [1.807, 2.05) is 13.0 Å². The molecule has 3 N–H and O–H groups in total. The molecule has 0 saturated carbocycles. The number of nitrogens with one attached hydrogen (secondary N) is 1. The van der Waals surface area contributed by atoms with Gasteiger partial charge < -0.3 is 11.1 Å².